The van der Waals surface area contributed by atoms with Gasteiger partial charge in [0.25, 0.3) is 0 Å². The molecule has 6 heteroatoms. The molecule has 0 fully saturated rings. The molecule has 0 spiro atoms. The van der Waals surface area contributed by atoms with Crippen molar-refractivity contribution >= 4 is 49.9 Å². The van der Waals surface area contributed by atoms with Crippen LogP contribution in [0, 0.1) is 2.88 Å². The van der Waals surface area contributed by atoms with Crippen LogP contribution in [0.4, 0.5) is 0 Å². The molecule has 0 aliphatic heterocycles. The number of alkyl halides is 1. The van der Waals surface area contributed by atoms with Crippen LogP contribution in [0.25, 0.3) is 0 Å². The maximum Gasteiger partial charge on any atom is 0.130 e. The Morgan fingerprint density at radius 3 is 2.05 bits per heavy atom. The number of methoxy groups -OCH3 is 3. The molecule has 0 aliphatic carbocycles. The van der Waals surface area contributed by atoms with E-state index >= 15 is 0 Å². The van der Waals surface area contributed by atoms with E-state index in [1.54, 1.807) is 32.7 Å². The first-order valence-corrected chi connectivity index (χ1v) is 8.66. The fraction of sp³-hybridized carbons (Fsp3) is 0.286. The number of benzene rings is 1. The Labute approximate surface area is 144 Å². The van der Waals surface area contributed by atoms with Crippen LogP contribution in [0.5, 0.6) is 17.2 Å². The van der Waals surface area contributed by atoms with E-state index in [1.807, 2.05) is 12.1 Å². The minimum atomic E-state index is 0.0121. The second kappa shape index (κ2) is 7.00. The lowest BCUT2D eigenvalue weighted by Crippen LogP contribution is -2.01. The molecular formula is C14H14BrIO3S. The second-order valence-electron chi connectivity index (χ2n) is 3.99. The molecule has 0 amide bonds. The van der Waals surface area contributed by atoms with E-state index in [-0.39, 0.29) is 4.83 Å². The van der Waals surface area contributed by atoms with Crippen molar-refractivity contribution in [3.8, 4) is 17.2 Å². The third-order valence-electron chi connectivity index (χ3n) is 2.89. The number of hydrogen-bond donors (Lipinski definition) is 0. The van der Waals surface area contributed by atoms with Crippen LogP contribution < -0.4 is 14.2 Å². The highest BCUT2D eigenvalue weighted by atomic mass is 127. The molecule has 1 heterocycles. The first kappa shape index (κ1) is 15.9. The van der Waals surface area contributed by atoms with Gasteiger partial charge in [0.05, 0.1) is 34.6 Å². The van der Waals surface area contributed by atoms with Gasteiger partial charge in [-0.25, -0.2) is 0 Å². The molecule has 2 rings (SSSR count). The van der Waals surface area contributed by atoms with Gasteiger partial charge in [-0.05, 0) is 39.6 Å². The van der Waals surface area contributed by atoms with E-state index in [1.165, 1.54) is 8.45 Å². The van der Waals surface area contributed by atoms with E-state index in [4.69, 9.17) is 14.2 Å². The Hall–Kier alpha value is -0.470. The van der Waals surface area contributed by atoms with Crippen molar-refractivity contribution in [3.05, 3.63) is 37.6 Å². The van der Waals surface area contributed by atoms with Crippen LogP contribution in [0.1, 0.15) is 16.0 Å². The summed E-state index contributed by atoms with van der Waals surface area (Å²) in [6.07, 6.45) is 0. The average molecular weight is 469 g/mol. The monoisotopic (exact) mass is 468 g/mol. The molecule has 1 aromatic heterocycles. The van der Waals surface area contributed by atoms with Gasteiger partial charge in [-0.3, -0.25) is 0 Å². The van der Waals surface area contributed by atoms with Gasteiger partial charge in [0.15, 0.2) is 0 Å². The van der Waals surface area contributed by atoms with E-state index in [0.717, 1.165) is 17.1 Å². The van der Waals surface area contributed by atoms with E-state index < -0.39 is 0 Å². The predicted molar refractivity (Wildman–Crippen MR) is 93.9 cm³/mol. The zero-order valence-electron chi connectivity index (χ0n) is 11.3. The van der Waals surface area contributed by atoms with Gasteiger partial charge in [-0.1, -0.05) is 15.9 Å². The normalized spacial score (nSPS) is 12.1. The Kier molecular flexibility index (Phi) is 5.57. The van der Waals surface area contributed by atoms with Crippen molar-refractivity contribution in [1.29, 1.82) is 0 Å². The number of thiophene rings is 1. The summed E-state index contributed by atoms with van der Waals surface area (Å²) >= 11 is 7.77. The molecule has 3 nitrogen and oxygen atoms in total. The molecule has 0 bridgehead atoms. The molecule has 1 atom stereocenters. The van der Waals surface area contributed by atoms with Gasteiger partial charge in [0, 0.05) is 12.1 Å². The smallest absolute Gasteiger partial charge is 0.130 e. The fourth-order valence-corrected chi connectivity index (χ4v) is 4.19. The summed E-state index contributed by atoms with van der Waals surface area (Å²) in [6.45, 7) is 0. The highest BCUT2D eigenvalue weighted by molar-refractivity contribution is 14.1. The maximum absolute atomic E-state index is 5.49. The molecule has 0 radical (unpaired) electrons. The van der Waals surface area contributed by atoms with Crippen molar-refractivity contribution in [2.24, 2.45) is 0 Å². The summed E-state index contributed by atoms with van der Waals surface area (Å²) in [5, 5.41) is 2.13. The number of hydrogen-bond acceptors (Lipinski definition) is 4. The van der Waals surface area contributed by atoms with Gasteiger partial charge in [0.2, 0.25) is 0 Å². The second-order valence-corrected chi connectivity index (χ2v) is 7.71. The van der Waals surface area contributed by atoms with Gasteiger partial charge in [-0.15, -0.1) is 11.3 Å². The Morgan fingerprint density at radius 1 is 1.05 bits per heavy atom. The summed E-state index contributed by atoms with van der Waals surface area (Å²) in [4.78, 5) is 0.0121. The van der Waals surface area contributed by atoms with E-state index in [2.05, 4.69) is 50.0 Å². The molecule has 0 N–H and O–H groups in total. The van der Waals surface area contributed by atoms with E-state index in [9.17, 15) is 0 Å². The third-order valence-corrected chi connectivity index (χ3v) is 5.68. The summed E-state index contributed by atoms with van der Waals surface area (Å²) in [5.74, 6) is 2.19. The third kappa shape index (κ3) is 3.23. The lowest BCUT2D eigenvalue weighted by molar-refractivity contribution is 0.369. The summed E-state index contributed by atoms with van der Waals surface area (Å²) in [5.41, 5.74) is 2.14. The standard InChI is InChI=1S/C14H14BrIO3S/c1-17-9-5-10(18-2)13(11(6-9)19-3)14(15)8-4-12(16)20-7-8/h4-7,14H,1-3H3. The zero-order chi connectivity index (χ0) is 14.7. The Bertz CT molecular complexity index is 575. The minimum absolute atomic E-state index is 0.0121. The van der Waals surface area contributed by atoms with Crippen LogP contribution >= 0.6 is 49.9 Å². The van der Waals surface area contributed by atoms with Crippen LogP contribution in [-0.2, 0) is 0 Å². The van der Waals surface area contributed by atoms with Gasteiger partial charge >= 0.3 is 0 Å². The summed E-state index contributed by atoms with van der Waals surface area (Å²) in [6, 6.07) is 5.88. The molecule has 20 heavy (non-hydrogen) atoms. The van der Waals surface area contributed by atoms with E-state index in [0.29, 0.717) is 5.75 Å². The predicted octanol–water partition coefficient (Wildman–Crippen LogP) is 4.86. The van der Waals surface area contributed by atoms with Crippen LogP contribution in [0.15, 0.2) is 23.6 Å². The Balaban J connectivity index is 2.53. The summed E-state index contributed by atoms with van der Waals surface area (Å²) in [7, 11) is 4.92. The molecule has 2 aromatic rings. The number of rotatable bonds is 5. The minimum Gasteiger partial charge on any atom is -0.496 e. The SMILES string of the molecule is COc1cc(OC)c(C(Br)c2csc(I)c2)c(OC)c1. The zero-order valence-corrected chi connectivity index (χ0v) is 15.8. The molecule has 0 saturated heterocycles. The lowest BCUT2D eigenvalue weighted by atomic mass is 10.0. The van der Waals surface area contributed by atoms with Crippen molar-refractivity contribution in [3.63, 3.8) is 0 Å². The van der Waals surface area contributed by atoms with Crippen LogP contribution in [-0.4, -0.2) is 21.3 Å². The molecule has 0 saturated carbocycles. The molecule has 108 valence electrons. The number of ether oxygens (including phenoxy) is 3. The first-order chi connectivity index (χ1) is 9.60. The molecular weight excluding hydrogens is 455 g/mol. The number of halogens is 2. The van der Waals surface area contributed by atoms with Crippen molar-refractivity contribution < 1.29 is 14.2 Å². The lowest BCUT2D eigenvalue weighted by Gasteiger charge is -2.18. The highest BCUT2D eigenvalue weighted by Crippen LogP contribution is 2.45. The topological polar surface area (TPSA) is 27.7 Å². The van der Waals surface area contributed by atoms with Crippen molar-refractivity contribution in [2.75, 3.05) is 21.3 Å². The van der Waals surface area contributed by atoms with Gasteiger partial charge in [-0.2, -0.15) is 0 Å². The van der Waals surface area contributed by atoms with Crippen molar-refractivity contribution in [1.82, 2.24) is 0 Å². The van der Waals surface area contributed by atoms with Crippen LogP contribution in [0.3, 0.4) is 0 Å². The van der Waals surface area contributed by atoms with Gasteiger partial charge < -0.3 is 14.2 Å². The fourth-order valence-electron chi connectivity index (χ4n) is 1.91. The Morgan fingerprint density at radius 2 is 1.65 bits per heavy atom. The van der Waals surface area contributed by atoms with Gasteiger partial charge in [0.1, 0.15) is 17.2 Å². The van der Waals surface area contributed by atoms with Crippen molar-refractivity contribution in [2.45, 2.75) is 4.83 Å². The molecule has 0 aliphatic rings. The average Bonchev–Trinajstić information content (AvgIpc) is 2.91. The maximum atomic E-state index is 5.49. The first-order valence-electron chi connectivity index (χ1n) is 5.78. The highest BCUT2D eigenvalue weighted by Gasteiger charge is 2.22. The largest absolute Gasteiger partial charge is 0.496 e. The van der Waals surface area contributed by atoms with Crippen LogP contribution in [0.2, 0.25) is 0 Å². The quantitative estimate of drug-likeness (QED) is 0.463. The molecule has 1 aromatic carbocycles. The molecule has 1 unspecified atom stereocenters. The summed E-state index contributed by atoms with van der Waals surface area (Å²) < 4.78 is 17.5.